The summed E-state index contributed by atoms with van der Waals surface area (Å²) in [4.78, 5) is 0. The molecular formula is C12H17NO. The van der Waals surface area contributed by atoms with Gasteiger partial charge in [0.15, 0.2) is 0 Å². The van der Waals surface area contributed by atoms with Crippen LogP contribution in [-0.4, -0.2) is 12.2 Å². The van der Waals surface area contributed by atoms with Gasteiger partial charge in [0.1, 0.15) is 0 Å². The van der Waals surface area contributed by atoms with Crippen LogP contribution in [0.15, 0.2) is 36.6 Å². The second kappa shape index (κ2) is 5.32. The van der Waals surface area contributed by atoms with Crippen molar-refractivity contribution in [2.45, 2.75) is 19.3 Å². The molecule has 1 aromatic carbocycles. The molecule has 2 nitrogen and oxygen atoms in total. The molecule has 2 heteroatoms. The Hall–Kier alpha value is -1.44. The van der Waals surface area contributed by atoms with Crippen molar-refractivity contribution in [3.8, 4) is 0 Å². The fraction of sp³-hybridized carbons (Fsp3) is 0.333. The maximum atomic E-state index is 8.91. The van der Waals surface area contributed by atoms with Crippen LogP contribution in [0, 0.1) is 0 Å². The van der Waals surface area contributed by atoms with Gasteiger partial charge in [0.2, 0.25) is 0 Å². The molecule has 0 aliphatic carbocycles. The molecule has 2 N–H and O–H groups in total. The lowest BCUT2D eigenvalue weighted by molar-refractivity contribution is 0.387. The summed E-state index contributed by atoms with van der Waals surface area (Å²) in [5.41, 5.74) is 2.42. The van der Waals surface area contributed by atoms with E-state index in [1.165, 1.54) is 5.56 Å². The topological polar surface area (TPSA) is 32.3 Å². The lowest BCUT2D eigenvalue weighted by Crippen LogP contribution is -1.90. The smallest absolute Gasteiger partial charge is 0.0851 e. The highest BCUT2D eigenvalue weighted by Crippen LogP contribution is 2.11. The number of nitrogens with one attached hydrogen (secondary N) is 1. The van der Waals surface area contributed by atoms with Crippen molar-refractivity contribution >= 4 is 5.69 Å². The Balaban J connectivity index is 2.40. The summed E-state index contributed by atoms with van der Waals surface area (Å²) in [6, 6.07) is 8.32. The SMILES string of the molecule is C=C(O)CCCc1ccc(NC)cc1. The maximum Gasteiger partial charge on any atom is 0.0851 e. The number of benzene rings is 1. The van der Waals surface area contributed by atoms with E-state index in [0.717, 1.165) is 18.5 Å². The van der Waals surface area contributed by atoms with Gasteiger partial charge in [-0.1, -0.05) is 18.7 Å². The molecule has 0 saturated carbocycles. The predicted octanol–water partition coefficient (Wildman–Crippen LogP) is 3.12. The zero-order valence-corrected chi connectivity index (χ0v) is 8.59. The van der Waals surface area contributed by atoms with E-state index < -0.39 is 0 Å². The molecule has 0 radical (unpaired) electrons. The van der Waals surface area contributed by atoms with E-state index >= 15 is 0 Å². The number of hydrogen-bond acceptors (Lipinski definition) is 2. The Morgan fingerprint density at radius 3 is 2.50 bits per heavy atom. The minimum absolute atomic E-state index is 0.275. The maximum absolute atomic E-state index is 8.91. The van der Waals surface area contributed by atoms with E-state index in [9.17, 15) is 0 Å². The molecule has 0 bridgehead atoms. The van der Waals surface area contributed by atoms with Crippen LogP contribution in [0.2, 0.25) is 0 Å². The highest BCUT2D eigenvalue weighted by molar-refractivity contribution is 5.43. The van der Waals surface area contributed by atoms with Crippen molar-refractivity contribution < 1.29 is 5.11 Å². The molecule has 1 aromatic rings. The quantitative estimate of drug-likeness (QED) is 0.701. The molecule has 0 saturated heterocycles. The Kier molecular flexibility index (Phi) is 4.05. The largest absolute Gasteiger partial charge is 0.513 e. The average Bonchev–Trinajstić information content (AvgIpc) is 2.18. The first-order valence-corrected chi connectivity index (χ1v) is 4.86. The van der Waals surface area contributed by atoms with Crippen molar-refractivity contribution in [2.24, 2.45) is 0 Å². The molecule has 0 spiro atoms. The third-order valence-electron chi connectivity index (χ3n) is 2.17. The van der Waals surface area contributed by atoms with Crippen LogP contribution in [0.1, 0.15) is 18.4 Å². The van der Waals surface area contributed by atoms with Crippen molar-refractivity contribution in [3.05, 3.63) is 42.2 Å². The van der Waals surface area contributed by atoms with Crippen molar-refractivity contribution in [2.75, 3.05) is 12.4 Å². The molecule has 0 atom stereocenters. The first-order chi connectivity index (χ1) is 6.72. The molecule has 0 heterocycles. The van der Waals surface area contributed by atoms with Gasteiger partial charge < -0.3 is 10.4 Å². The Morgan fingerprint density at radius 1 is 1.36 bits per heavy atom. The normalized spacial score (nSPS) is 9.79. The Bertz CT molecular complexity index is 290. The summed E-state index contributed by atoms with van der Waals surface area (Å²) in [5, 5.41) is 12.0. The molecule has 0 aliphatic rings. The summed E-state index contributed by atoms with van der Waals surface area (Å²) < 4.78 is 0. The van der Waals surface area contributed by atoms with Crippen LogP contribution in [0.25, 0.3) is 0 Å². The lowest BCUT2D eigenvalue weighted by Gasteiger charge is -2.03. The van der Waals surface area contributed by atoms with Gasteiger partial charge in [0.05, 0.1) is 5.76 Å². The first kappa shape index (κ1) is 10.6. The molecule has 14 heavy (non-hydrogen) atoms. The van der Waals surface area contributed by atoms with Gasteiger partial charge in [-0.15, -0.1) is 0 Å². The van der Waals surface area contributed by atoms with Crippen LogP contribution in [-0.2, 0) is 6.42 Å². The highest BCUT2D eigenvalue weighted by atomic mass is 16.3. The Morgan fingerprint density at radius 2 is 2.00 bits per heavy atom. The van der Waals surface area contributed by atoms with Gasteiger partial charge in [0.25, 0.3) is 0 Å². The number of aliphatic hydroxyl groups excluding tert-OH is 1. The second-order valence-corrected chi connectivity index (χ2v) is 3.37. The van der Waals surface area contributed by atoms with E-state index in [0.29, 0.717) is 6.42 Å². The summed E-state index contributed by atoms with van der Waals surface area (Å²) >= 11 is 0. The summed E-state index contributed by atoms with van der Waals surface area (Å²) in [5.74, 6) is 0.275. The fourth-order valence-electron chi connectivity index (χ4n) is 1.33. The van der Waals surface area contributed by atoms with Gasteiger partial charge in [-0.05, 0) is 30.5 Å². The second-order valence-electron chi connectivity index (χ2n) is 3.37. The van der Waals surface area contributed by atoms with Crippen molar-refractivity contribution in [1.29, 1.82) is 0 Å². The van der Waals surface area contributed by atoms with E-state index in [2.05, 4.69) is 36.2 Å². The number of rotatable bonds is 5. The fourth-order valence-corrected chi connectivity index (χ4v) is 1.33. The number of aryl methyl sites for hydroxylation is 1. The number of aliphatic hydroxyl groups is 1. The minimum atomic E-state index is 0.275. The summed E-state index contributed by atoms with van der Waals surface area (Å²) in [6.45, 7) is 3.46. The van der Waals surface area contributed by atoms with Crippen molar-refractivity contribution in [3.63, 3.8) is 0 Å². The van der Waals surface area contributed by atoms with E-state index in [4.69, 9.17) is 5.11 Å². The third kappa shape index (κ3) is 3.52. The van der Waals surface area contributed by atoms with Crippen LogP contribution in [0.4, 0.5) is 5.69 Å². The van der Waals surface area contributed by atoms with E-state index in [1.54, 1.807) is 0 Å². The minimum Gasteiger partial charge on any atom is -0.513 e. The molecule has 0 amide bonds. The highest BCUT2D eigenvalue weighted by Gasteiger charge is 1.95. The zero-order chi connectivity index (χ0) is 10.4. The molecule has 76 valence electrons. The lowest BCUT2D eigenvalue weighted by atomic mass is 10.1. The van der Waals surface area contributed by atoms with Gasteiger partial charge in [-0.2, -0.15) is 0 Å². The van der Waals surface area contributed by atoms with Gasteiger partial charge in [-0.25, -0.2) is 0 Å². The molecule has 0 unspecified atom stereocenters. The van der Waals surface area contributed by atoms with Gasteiger partial charge in [0, 0.05) is 19.2 Å². The van der Waals surface area contributed by atoms with Crippen LogP contribution in [0.5, 0.6) is 0 Å². The summed E-state index contributed by atoms with van der Waals surface area (Å²) in [7, 11) is 1.91. The molecule has 0 fully saturated rings. The van der Waals surface area contributed by atoms with E-state index in [1.807, 2.05) is 7.05 Å². The predicted molar refractivity (Wildman–Crippen MR) is 60.7 cm³/mol. The average molecular weight is 191 g/mol. The summed E-state index contributed by atoms with van der Waals surface area (Å²) in [6.07, 6.45) is 2.63. The van der Waals surface area contributed by atoms with E-state index in [-0.39, 0.29) is 5.76 Å². The number of hydrogen-bond donors (Lipinski definition) is 2. The molecular weight excluding hydrogens is 174 g/mol. The molecule has 0 aliphatic heterocycles. The van der Waals surface area contributed by atoms with Gasteiger partial charge in [-0.3, -0.25) is 0 Å². The van der Waals surface area contributed by atoms with Crippen molar-refractivity contribution in [1.82, 2.24) is 0 Å². The van der Waals surface area contributed by atoms with Crippen LogP contribution >= 0.6 is 0 Å². The van der Waals surface area contributed by atoms with Gasteiger partial charge >= 0.3 is 0 Å². The first-order valence-electron chi connectivity index (χ1n) is 4.86. The number of allylic oxidation sites excluding steroid dienone is 1. The Labute approximate surface area is 85.3 Å². The molecule has 0 aromatic heterocycles. The van der Waals surface area contributed by atoms with Crippen LogP contribution < -0.4 is 5.32 Å². The van der Waals surface area contributed by atoms with Crippen LogP contribution in [0.3, 0.4) is 0 Å². The number of anilines is 1. The third-order valence-corrected chi connectivity index (χ3v) is 2.17. The standard InChI is InChI=1S/C12H17NO/c1-10(14)4-3-5-11-6-8-12(13-2)9-7-11/h6-9,13-14H,1,3-5H2,2H3. The zero-order valence-electron chi connectivity index (χ0n) is 8.59. The molecule has 1 rings (SSSR count). The monoisotopic (exact) mass is 191 g/mol.